The molecular formula is C23H20N4O3S. The largest absolute Gasteiger partial charge is 0.441 e. The fourth-order valence-corrected chi connectivity index (χ4v) is 3.62. The summed E-state index contributed by atoms with van der Waals surface area (Å²) in [5.74, 6) is 0.433. The predicted molar refractivity (Wildman–Crippen MR) is 121 cm³/mol. The molecule has 7 nitrogen and oxygen atoms in total. The highest BCUT2D eigenvalue weighted by Crippen LogP contribution is 2.27. The standard InChI is InChI=1S/C23H20N4O3S/c1-3-19(28)24-17-11-9-15(10-12-17)18-13-31-23(25-18)27-21(29)20-14(2)30-22(26-20)16-7-5-4-6-8-16/h4-13H,3H2,1-2H3,(H,24,28)(H,25,27,29). The van der Waals surface area contributed by atoms with Gasteiger partial charge in [0.2, 0.25) is 11.8 Å². The van der Waals surface area contributed by atoms with Crippen molar-refractivity contribution in [3.05, 3.63) is 71.4 Å². The van der Waals surface area contributed by atoms with E-state index in [0.717, 1.165) is 22.5 Å². The summed E-state index contributed by atoms with van der Waals surface area (Å²) in [7, 11) is 0. The van der Waals surface area contributed by atoms with Crippen LogP contribution in [-0.2, 0) is 4.79 Å². The quantitative estimate of drug-likeness (QED) is 0.427. The second-order valence-corrected chi connectivity index (χ2v) is 7.62. The van der Waals surface area contributed by atoms with Gasteiger partial charge in [-0.25, -0.2) is 9.97 Å². The van der Waals surface area contributed by atoms with Crippen LogP contribution in [0.25, 0.3) is 22.7 Å². The number of aryl methyl sites for hydroxylation is 1. The number of nitrogens with one attached hydrogen (secondary N) is 2. The SMILES string of the molecule is CCC(=O)Nc1ccc(-c2csc(NC(=O)c3nc(-c4ccccc4)oc3C)n2)cc1. The van der Waals surface area contributed by atoms with Gasteiger partial charge in [0, 0.05) is 28.6 Å². The molecule has 0 saturated heterocycles. The third-order valence-electron chi connectivity index (χ3n) is 4.54. The summed E-state index contributed by atoms with van der Waals surface area (Å²) in [6, 6.07) is 16.8. The Morgan fingerprint density at radius 1 is 0.968 bits per heavy atom. The lowest BCUT2D eigenvalue weighted by Crippen LogP contribution is -2.13. The highest BCUT2D eigenvalue weighted by atomic mass is 32.1. The first-order chi connectivity index (χ1) is 15.0. The molecule has 0 radical (unpaired) electrons. The van der Waals surface area contributed by atoms with E-state index in [1.807, 2.05) is 60.0 Å². The molecule has 156 valence electrons. The maximum Gasteiger partial charge on any atom is 0.279 e. The van der Waals surface area contributed by atoms with Crippen molar-refractivity contribution in [2.24, 2.45) is 0 Å². The molecule has 2 amide bonds. The number of carbonyl (C=O) groups is 2. The number of benzene rings is 2. The minimum absolute atomic E-state index is 0.0371. The van der Waals surface area contributed by atoms with Gasteiger partial charge in [0.1, 0.15) is 5.76 Å². The Kier molecular flexibility index (Phi) is 5.90. The van der Waals surface area contributed by atoms with Crippen molar-refractivity contribution < 1.29 is 14.0 Å². The molecule has 0 unspecified atom stereocenters. The van der Waals surface area contributed by atoms with Crippen molar-refractivity contribution in [1.29, 1.82) is 0 Å². The minimum Gasteiger partial charge on any atom is -0.441 e. The van der Waals surface area contributed by atoms with E-state index in [-0.39, 0.29) is 17.5 Å². The summed E-state index contributed by atoms with van der Waals surface area (Å²) in [6.07, 6.45) is 0.425. The molecule has 2 heterocycles. The van der Waals surface area contributed by atoms with Crippen molar-refractivity contribution >= 4 is 34.0 Å². The van der Waals surface area contributed by atoms with Gasteiger partial charge in [0.05, 0.1) is 5.69 Å². The van der Waals surface area contributed by atoms with Crippen LogP contribution in [0.5, 0.6) is 0 Å². The van der Waals surface area contributed by atoms with Crippen molar-refractivity contribution in [2.45, 2.75) is 20.3 Å². The second-order valence-electron chi connectivity index (χ2n) is 6.76. The Morgan fingerprint density at radius 2 is 1.71 bits per heavy atom. The van der Waals surface area contributed by atoms with Crippen LogP contribution in [0.4, 0.5) is 10.8 Å². The summed E-state index contributed by atoms with van der Waals surface area (Å²) in [5.41, 5.74) is 3.38. The number of hydrogen-bond donors (Lipinski definition) is 2. The highest BCUT2D eigenvalue weighted by Gasteiger charge is 2.19. The minimum atomic E-state index is -0.373. The number of amides is 2. The number of nitrogens with zero attached hydrogens (tertiary/aromatic N) is 2. The summed E-state index contributed by atoms with van der Waals surface area (Å²) < 4.78 is 5.66. The van der Waals surface area contributed by atoms with Gasteiger partial charge < -0.3 is 9.73 Å². The average Bonchev–Trinajstić information content (AvgIpc) is 3.41. The first-order valence-electron chi connectivity index (χ1n) is 9.73. The summed E-state index contributed by atoms with van der Waals surface area (Å²) >= 11 is 1.32. The predicted octanol–water partition coefficient (Wildman–Crippen LogP) is 5.37. The maximum absolute atomic E-state index is 12.7. The maximum atomic E-state index is 12.7. The van der Waals surface area contributed by atoms with Crippen LogP contribution >= 0.6 is 11.3 Å². The molecule has 0 bridgehead atoms. The summed E-state index contributed by atoms with van der Waals surface area (Å²) in [4.78, 5) is 33.0. The molecule has 2 aromatic carbocycles. The van der Waals surface area contributed by atoms with Crippen LogP contribution in [0.15, 0.2) is 64.4 Å². The van der Waals surface area contributed by atoms with Crippen LogP contribution in [-0.4, -0.2) is 21.8 Å². The number of oxazole rings is 1. The molecule has 0 atom stereocenters. The molecule has 31 heavy (non-hydrogen) atoms. The lowest BCUT2D eigenvalue weighted by Gasteiger charge is -2.04. The van der Waals surface area contributed by atoms with Crippen LogP contribution in [0.1, 0.15) is 29.6 Å². The van der Waals surface area contributed by atoms with Crippen molar-refractivity contribution in [1.82, 2.24) is 9.97 Å². The van der Waals surface area contributed by atoms with Gasteiger partial charge in [-0.2, -0.15) is 0 Å². The number of thiazole rings is 1. The molecule has 0 fully saturated rings. The monoisotopic (exact) mass is 432 g/mol. The summed E-state index contributed by atoms with van der Waals surface area (Å²) in [5, 5.41) is 7.92. The molecule has 0 saturated carbocycles. The normalized spacial score (nSPS) is 10.6. The lowest BCUT2D eigenvalue weighted by molar-refractivity contribution is -0.115. The molecular weight excluding hydrogens is 412 g/mol. The van der Waals surface area contributed by atoms with Gasteiger partial charge in [-0.05, 0) is 31.2 Å². The Hall–Kier alpha value is -3.78. The average molecular weight is 433 g/mol. The fourth-order valence-electron chi connectivity index (χ4n) is 2.91. The first-order valence-corrected chi connectivity index (χ1v) is 10.6. The molecule has 0 aliphatic carbocycles. The topological polar surface area (TPSA) is 97.1 Å². The summed E-state index contributed by atoms with van der Waals surface area (Å²) in [6.45, 7) is 3.51. The van der Waals surface area contributed by atoms with E-state index in [0.29, 0.717) is 23.2 Å². The van der Waals surface area contributed by atoms with E-state index in [2.05, 4.69) is 20.6 Å². The highest BCUT2D eigenvalue weighted by molar-refractivity contribution is 7.14. The smallest absolute Gasteiger partial charge is 0.279 e. The van der Waals surface area contributed by atoms with Crippen molar-refractivity contribution in [3.63, 3.8) is 0 Å². The van der Waals surface area contributed by atoms with E-state index in [1.54, 1.807) is 13.8 Å². The zero-order valence-electron chi connectivity index (χ0n) is 17.0. The van der Waals surface area contributed by atoms with Crippen LogP contribution in [0.3, 0.4) is 0 Å². The second kappa shape index (κ2) is 8.93. The van der Waals surface area contributed by atoms with E-state index in [9.17, 15) is 9.59 Å². The molecule has 4 rings (SSSR count). The van der Waals surface area contributed by atoms with E-state index in [1.165, 1.54) is 11.3 Å². The first kappa shape index (κ1) is 20.5. The van der Waals surface area contributed by atoms with Gasteiger partial charge in [-0.3, -0.25) is 14.9 Å². The molecule has 0 aliphatic rings. The fraction of sp³-hybridized carbons (Fsp3) is 0.130. The van der Waals surface area contributed by atoms with Crippen LogP contribution in [0, 0.1) is 6.92 Å². The number of aromatic nitrogens is 2. The number of rotatable bonds is 6. The zero-order valence-corrected chi connectivity index (χ0v) is 17.8. The third-order valence-corrected chi connectivity index (χ3v) is 5.30. The van der Waals surface area contributed by atoms with Crippen LogP contribution < -0.4 is 10.6 Å². The number of carbonyl (C=O) groups excluding carboxylic acids is 2. The van der Waals surface area contributed by atoms with E-state index >= 15 is 0 Å². The van der Waals surface area contributed by atoms with Crippen molar-refractivity contribution in [3.8, 4) is 22.7 Å². The van der Waals surface area contributed by atoms with Crippen LogP contribution in [0.2, 0.25) is 0 Å². The van der Waals surface area contributed by atoms with Gasteiger partial charge in [0.15, 0.2) is 10.8 Å². The Labute approximate surface area is 183 Å². The molecule has 2 N–H and O–H groups in total. The van der Waals surface area contributed by atoms with Gasteiger partial charge in [0.25, 0.3) is 5.91 Å². The molecule has 0 spiro atoms. The molecule has 4 aromatic rings. The zero-order chi connectivity index (χ0) is 21.8. The number of anilines is 2. The Morgan fingerprint density at radius 3 is 2.42 bits per heavy atom. The van der Waals surface area contributed by atoms with Gasteiger partial charge in [-0.15, -0.1) is 11.3 Å². The third kappa shape index (κ3) is 4.70. The Balaban J connectivity index is 1.46. The van der Waals surface area contributed by atoms with Gasteiger partial charge in [-0.1, -0.05) is 37.3 Å². The lowest BCUT2D eigenvalue weighted by atomic mass is 10.1. The Bertz CT molecular complexity index is 1210. The molecule has 2 aromatic heterocycles. The molecule has 8 heteroatoms. The van der Waals surface area contributed by atoms with Gasteiger partial charge >= 0.3 is 0 Å². The number of hydrogen-bond acceptors (Lipinski definition) is 6. The van der Waals surface area contributed by atoms with E-state index < -0.39 is 0 Å². The van der Waals surface area contributed by atoms with E-state index in [4.69, 9.17) is 4.42 Å². The van der Waals surface area contributed by atoms with Crippen molar-refractivity contribution in [2.75, 3.05) is 10.6 Å². The molecule has 0 aliphatic heterocycles.